The number of hydrogen-bond donors (Lipinski definition) is 1. The van der Waals surface area contributed by atoms with E-state index in [1.807, 2.05) is 30.3 Å². The van der Waals surface area contributed by atoms with E-state index in [-0.39, 0.29) is 5.56 Å². The summed E-state index contributed by atoms with van der Waals surface area (Å²) in [6.45, 7) is 1.65. The van der Waals surface area contributed by atoms with Gasteiger partial charge in [-0.15, -0.1) is 10.2 Å². The molecule has 0 spiro atoms. The molecule has 0 fully saturated rings. The average molecular weight is 327 g/mol. The molecule has 1 aromatic heterocycles. The Morgan fingerprint density at radius 2 is 1.96 bits per heavy atom. The molecule has 6 heteroatoms. The predicted octanol–water partition coefficient (Wildman–Crippen LogP) is 3.83. The second kappa shape index (κ2) is 6.66. The first-order valence-corrected chi connectivity index (χ1v) is 7.87. The molecule has 0 saturated heterocycles. The molecule has 3 aromatic rings. The molecular formula is C17H14FN3OS. The largest absolute Gasteiger partial charge is 0.296 e. The minimum absolute atomic E-state index is 0.257. The summed E-state index contributed by atoms with van der Waals surface area (Å²) in [5, 5.41) is 11.9. The number of aromatic nitrogens is 2. The van der Waals surface area contributed by atoms with Crippen molar-refractivity contribution < 1.29 is 9.18 Å². The Labute approximate surface area is 137 Å². The second-order valence-corrected chi connectivity index (χ2v) is 6.14. The Bertz CT molecular complexity index is 833. The van der Waals surface area contributed by atoms with E-state index in [0.717, 1.165) is 10.6 Å². The normalized spacial score (nSPS) is 10.5. The van der Waals surface area contributed by atoms with Gasteiger partial charge in [0.15, 0.2) is 0 Å². The standard InChI is InChI=1S/C17H14FN3OS/c1-11-7-8-13(10-14(11)18)16(22)19-17-21-20-15(23-17)9-12-5-3-2-4-6-12/h2-8,10H,9H2,1H3,(H,19,21,22). The number of nitrogens with zero attached hydrogens (tertiary/aromatic N) is 2. The number of anilines is 1. The van der Waals surface area contributed by atoms with Crippen LogP contribution < -0.4 is 5.32 Å². The Morgan fingerprint density at radius 3 is 2.70 bits per heavy atom. The monoisotopic (exact) mass is 327 g/mol. The van der Waals surface area contributed by atoms with Crippen LogP contribution in [0.15, 0.2) is 48.5 Å². The van der Waals surface area contributed by atoms with E-state index in [1.54, 1.807) is 19.1 Å². The van der Waals surface area contributed by atoms with Crippen molar-refractivity contribution in [1.82, 2.24) is 10.2 Å². The summed E-state index contributed by atoms with van der Waals surface area (Å²) in [6.07, 6.45) is 0.660. The van der Waals surface area contributed by atoms with Gasteiger partial charge in [-0.05, 0) is 30.2 Å². The average Bonchev–Trinajstić information content (AvgIpc) is 2.98. The summed E-state index contributed by atoms with van der Waals surface area (Å²) >= 11 is 1.31. The molecule has 4 nitrogen and oxygen atoms in total. The molecule has 0 radical (unpaired) electrons. The van der Waals surface area contributed by atoms with Gasteiger partial charge < -0.3 is 0 Å². The van der Waals surface area contributed by atoms with E-state index in [4.69, 9.17) is 0 Å². The fourth-order valence-electron chi connectivity index (χ4n) is 2.05. The lowest BCUT2D eigenvalue weighted by atomic mass is 10.1. The van der Waals surface area contributed by atoms with Gasteiger partial charge in [0.25, 0.3) is 5.91 Å². The minimum atomic E-state index is -0.403. The number of aryl methyl sites for hydroxylation is 1. The Balaban J connectivity index is 1.68. The van der Waals surface area contributed by atoms with Crippen LogP contribution in [0.2, 0.25) is 0 Å². The summed E-state index contributed by atoms with van der Waals surface area (Å²) in [5.74, 6) is -0.800. The zero-order chi connectivity index (χ0) is 16.2. The SMILES string of the molecule is Cc1ccc(C(=O)Nc2nnc(Cc3ccccc3)s2)cc1F. The van der Waals surface area contributed by atoms with E-state index in [2.05, 4.69) is 15.5 Å². The lowest BCUT2D eigenvalue weighted by Gasteiger charge is -2.02. The molecule has 116 valence electrons. The smallest absolute Gasteiger partial charge is 0.257 e. The zero-order valence-corrected chi connectivity index (χ0v) is 13.2. The predicted molar refractivity (Wildman–Crippen MR) is 88.2 cm³/mol. The summed E-state index contributed by atoms with van der Waals surface area (Å²) in [6, 6.07) is 14.3. The summed E-state index contributed by atoms with van der Waals surface area (Å²) in [7, 11) is 0. The van der Waals surface area contributed by atoms with Crippen molar-refractivity contribution in [2.24, 2.45) is 0 Å². The highest BCUT2D eigenvalue weighted by Crippen LogP contribution is 2.19. The van der Waals surface area contributed by atoms with Crippen LogP contribution in [0.25, 0.3) is 0 Å². The molecule has 0 bridgehead atoms. The van der Waals surface area contributed by atoms with Crippen LogP contribution in [-0.2, 0) is 6.42 Å². The van der Waals surface area contributed by atoms with Gasteiger partial charge in [0.2, 0.25) is 5.13 Å². The summed E-state index contributed by atoms with van der Waals surface area (Å²) in [4.78, 5) is 12.1. The molecular weight excluding hydrogens is 313 g/mol. The molecule has 0 aliphatic rings. The lowest BCUT2D eigenvalue weighted by molar-refractivity contribution is 0.102. The fraction of sp³-hybridized carbons (Fsp3) is 0.118. The van der Waals surface area contributed by atoms with Gasteiger partial charge in [0.1, 0.15) is 10.8 Å². The maximum Gasteiger partial charge on any atom is 0.257 e. The van der Waals surface area contributed by atoms with E-state index in [1.165, 1.54) is 17.4 Å². The van der Waals surface area contributed by atoms with Crippen LogP contribution in [0.1, 0.15) is 26.5 Å². The maximum absolute atomic E-state index is 13.5. The number of amides is 1. The second-order valence-electron chi connectivity index (χ2n) is 5.08. The number of nitrogens with one attached hydrogen (secondary N) is 1. The van der Waals surface area contributed by atoms with E-state index in [9.17, 15) is 9.18 Å². The van der Waals surface area contributed by atoms with Crippen LogP contribution in [0, 0.1) is 12.7 Å². The molecule has 1 heterocycles. The molecule has 0 saturated carbocycles. The quantitative estimate of drug-likeness (QED) is 0.792. The van der Waals surface area contributed by atoms with Crippen molar-refractivity contribution in [2.75, 3.05) is 5.32 Å². The fourth-order valence-corrected chi connectivity index (χ4v) is 2.82. The Morgan fingerprint density at radius 1 is 1.17 bits per heavy atom. The summed E-state index contributed by atoms with van der Waals surface area (Å²) in [5.41, 5.74) is 1.89. The van der Waals surface area contributed by atoms with Crippen LogP contribution in [-0.4, -0.2) is 16.1 Å². The highest BCUT2D eigenvalue weighted by atomic mass is 32.1. The van der Waals surface area contributed by atoms with Crippen molar-refractivity contribution in [3.8, 4) is 0 Å². The van der Waals surface area contributed by atoms with E-state index >= 15 is 0 Å². The highest BCUT2D eigenvalue weighted by molar-refractivity contribution is 7.15. The van der Waals surface area contributed by atoms with Gasteiger partial charge in [-0.2, -0.15) is 0 Å². The number of rotatable bonds is 4. The van der Waals surface area contributed by atoms with Crippen molar-refractivity contribution in [1.29, 1.82) is 0 Å². The summed E-state index contributed by atoms with van der Waals surface area (Å²) < 4.78 is 13.5. The van der Waals surface area contributed by atoms with Crippen LogP contribution >= 0.6 is 11.3 Å². The van der Waals surface area contributed by atoms with Crippen LogP contribution in [0.5, 0.6) is 0 Å². The van der Waals surface area contributed by atoms with Crippen LogP contribution in [0.3, 0.4) is 0 Å². The van der Waals surface area contributed by atoms with Gasteiger partial charge in [0.05, 0.1) is 0 Å². The molecule has 0 aliphatic heterocycles. The first-order chi connectivity index (χ1) is 11.1. The first-order valence-electron chi connectivity index (χ1n) is 7.05. The van der Waals surface area contributed by atoms with Crippen molar-refractivity contribution in [3.63, 3.8) is 0 Å². The molecule has 0 aliphatic carbocycles. The van der Waals surface area contributed by atoms with Crippen molar-refractivity contribution in [3.05, 3.63) is 76.0 Å². The number of benzene rings is 2. The van der Waals surface area contributed by atoms with Crippen molar-refractivity contribution in [2.45, 2.75) is 13.3 Å². The van der Waals surface area contributed by atoms with E-state index < -0.39 is 11.7 Å². The van der Waals surface area contributed by atoms with Gasteiger partial charge in [-0.25, -0.2) is 4.39 Å². The topological polar surface area (TPSA) is 54.9 Å². The third kappa shape index (κ3) is 3.78. The lowest BCUT2D eigenvalue weighted by Crippen LogP contribution is -2.12. The highest BCUT2D eigenvalue weighted by Gasteiger charge is 2.12. The molecule has 1 N–H and O–H groups in total. The maximum atomic E-state index is 13.5. The van der Waals surface area contributed by atoms with Gasteiger partial charge >= 0.3 is 0 Å². The van der Waals surface area contributed by atoms with Gasteiger partial charge in [-0.3, -0.25) is 10.1 Å². The van der Waals surface area contributed by atoms with E-state index in [0.29, 0.717) is 17.1 Å². The molecule has 0 unspecified atom stereocenters. The molecule has 23 heavy (non-hydrogen) atoms. The van der Waals surface area contributed by atoms with Crippen molar-refractivity contribution >= 4 is 22.4 Å². The Hall–Kier alpha value is -2.60. The molecule has 1 amide bonds. The van der Waals surface area contributed by atoms with Gasteiger partial charge in [-0.1, -0.05) is 47.7 Å². The number of carbonyl (C=O) groups is 1. The third-order valence-corrected chi connectivity index (χ3v) is 4.16. The van der Waals surface area contributed by atoms with Gasteiger partial charge in [0, 0.05) is 12.0 Å². The van der Waals surface area contributed by atoms with Crippen LogP contribution in [0.4, 0.5) is 9.52 Å². The third-order valence-electron chi connectivity index (χ3n) is 3.32. The Kier molecular flexibility index (Phi) is 4.43. The number of carbonyl (C=O) groups excluding carboxylic acids is 1. The molecule has 0 atom stereocenters. The number of hydrogen-bond acceptors (Lipinski definition) is 4. The first kappa shape index (κ1) is 15.3. The zero-order valence-electron chi connectivity index (χ0n) is 12.4. The molecule has 2 aromatic carbocycles. The number of halogens is 1. The molecule has 3 rings (SSSR count). The minimum Gasteiger partial charge on any atom is -0.296 e.